The molecule has 2 heterocycles. The zero-order valence-electron chi connectivity index (χ0n) is 11.0. The SMILES string of the molecule is CCOc1ncccc1NC(=O)c1ccc(CC)o1. The van der Waals surface area contributed by atoms with Gasteiger partial charge in [0.25, 0.3) is 5.91 Å². The van der Waals surface area contributed by atoms with Crippen LogP contribution < -0.4 is 10.1 Å². The van der Waals surface area contributed by atoms with Crippen LogP contribution in [0.15, 0.2) is 34.9 Å². The zero-order valence-corrected chi connectivity index (χ0v) is 11.0. The van der Waals surface area contributed by atoms with Gasteiger partial charge in [-0.2, -0.15) is 0 Å². The van der Waals surface area contributed by atoms with E-state index >= 15 is 0 Å². The number of aromatic nitrogens is 1. The van der Waals surface area contributed by atoms with Crippen LogP contribution in [0.2, 0.25) is 0 Å². The van der Waals surface area contributed by atoms with Gasteiger partial charge in [0.1, 0.15) is 11.4 Å². The number of hydrogen-bond acceptors (Lipinski definition) is 4. The molecule has 19 heavy (non-hydrogen) atoms. The molecular weight excluding hydrogens is 244 g/mol. The Morgan fingerprint density at radius 3 is 2.89 bits per heavy atom. The highest BCUT2D eigenvalue weighted by molar-refractivity contribution is 6.02. The van der Waals surface area contributed by atoms with Crippen LogP contribution >= 0.6 is 0 Å². The summed E-state index contributed by atoms with van der Waals surface area (Å²) >= 11 is 0. The van der Waals surface area contributed by atoms with Crippen molar-refractivity contribution in [1.82, 2.24) is 4.98 Å². The van der Waals surface area contributed by atoms with Gasteiger partial charge < -0.3 is 14.5 Å². The lowest BCUT2D eigenvalue weighted by Crippen LogP contribution is -2.12. The van der Waals surface area contributed by atoms with Gasteiger partial charge in [0.15, 0.2) is 5.76 Å². The second-order valence-electron chi connectivity index (χ2n) is 3.86. The maximum absolute atomic E-state index is 12.0. The quantitative estimate of drug-likeness (QED) is 0.897. The minimum atomic E-state index is -0.311. The Morgan fingerprint density at radius 2 is 2.21 bits per heavy atom. The molecule has 0 aliphatic heterocycles. The molecule has 2 aromatic rings. The van der Waals surface area contributed by atoms with Crippen LogP contribution in [-0.4, -0.2) is 17.5 Å². The number of amides is 1. The lowest BCUT2D eigenvalue weighted by atomic mass is 10.3. The van der Waals surface area contributed by atoms with E-state index in [1.807, 2.05) is 13.8 Å². The van der Waals surface area contributed by atoms with Crippen LogP contribution in [0.5, 0.6) is 5.88 Å². The predicted molar refractivity (Wildman–Crippen MR) is 71.4 cm³/mol. The van der Waals surface area contributed by atoms with Crippen LogP contribution in [0, 0.1) is 0 Å². The Morgan fingerprint density at radius 1 is 1.37 bits per heavy atom. The van der Waals surface area contributed by atoms with Crippen molar-refractivity contribution in [3.05, 3.63) is 42.0 Å². The van der Waals surface area contributed by atoms with E-state index in [4.69, 9.17) is 9.15 Å². The molecule has 2 rings (SSSR count). The number of carbonyl (C=O) groups is 1. The summed E-state index contributed by atoms with van der Waals surface area (Å²) in [6, 6.07) is 6.92. The summed E-state index contributed by atoms with van der Waals surface area (Å²) in [5.74, 6) is 1.15. The van der Waals surface area contributed by atoms with Gasteiger partial charge in [-0.05, 0) is 31.2 Å². The third kappa shape index (κ3) is 3.13. The molecule has 0 saturated heterocycles. The Labute approximate surface area is 111 Å². The van der Waals surface area contributed by atoms with Gasteiger partial charge in [0.05, 0.1) is 6.61 Å². The molecule has 0 bridgehead atoms. The lowest BCUT2D eigenvalue weighted by Gasteiger charge is -2.08. The molecule has 5 nitrogen and oxygen atoms in total. The van der Waals surface area contributed by atoms with Gasteiger partial charge in [0, 0.05) is 12.6 Å². The maximum Gasteiger partial charge on any atom is 0.291 e. The van der Waals surface area contributed by atoms with Crippen molar-refractivity contribution >= 4 is 11.6 Å². The molecule has 2 aromatic heterocycles. The van der Waals surface area contributed by atoms with Crippen LogP contribution in [0.1, 0.15) is 30.2 Å². The molecule has 0 aromatic carbocycles. The average molecular weight is 260 g/mol. The Balaban J connectivity index is 2.14. The number of hydrogen-bond donors (Lipinski definition) is 1. The number of nitrogens with one attached hydrogen (secondary N) is 1. The first-order chi connectivity index (χ1) is 9.24. The van der Waals surface area contributed by atoms with Crippen molar-refractivity contribution in [1.29, 1.82) is 0 Å². The largest absolute Gasteiger partial charge is 0.476 e. The molecule has 5 heteroatoms. The van der Waals surface area contributed by atoms with Gasteiger partial charge in [-0.3, -0.25) is 4.79 Å². The third-order valence-corrected chi connectivity index (χ3v) is 2.53. The highest BCUT2D eigenvalue weighted by Gasteiger charge is 2.13. The molecule has 1 amide bonds. The highest BCUT2D eigenvalue weighted by Crippen LogP contribution is 2.21. The van der Waals surface area contributed by atoms with E-state index in [2.05, 4.69) is 10.3 Å². The highest BCUT2D eigenvalue weighted by atomic mass is 16.5. The summed E-state index contributed by atoms with van der Waals surface area (Å²) in [7, 11) is 0. The fraction of sp³-hybridized carbons (Fsp3) is 0.286. The summed E-state index contributed by atoms with van der Waals surface area (Å²) in [6.07, 6.45) is 2.37. The number of carbonyl (C=O) groups excluding carboxylic acids is 1. The van der Waals surface area contributed by atoms with Gasteiger partial charge in [0.2, 0.25) is 5.88 Å². The van der Waals surface area contributed by atoms with Crippen molar-refractivity contribution in [3.8, 4) is 5.88 Å². The van der Waals surface area contributed by atoms with E-state index in [1.54, 1.807) is 30.5 Å². The Kier molecular flexibility index (Phi) is 4.18. The van der Waals surface area contributed by atoms with Gasteiger partial charge >= 0.3 is 0 Å². The van der Waals surface area contributed by atoms with Crippen LogP contribution in [0.25, 0.3) is 0 Å². The first kappa shape index (κ1) is 13.1. The number of nitrogens with zero attached hydrogens (tertiary/aromatic N) is 1. The van der Waals surface area contributed by atoms with Crippen molar-refractivity contribution in [2.75, 3.05) is 11.9 Å². The number of pyridine rings is 1. The van der Waals surface area contributed by atoms with Crippen molar-refractivity contribution in [3.63, 3.8) is 0 Å². The second kappa shape index (κ2) is 6.04. The molecule has 0 atom stereocenters. The van der Waals surface area contributed by atoms with E-state index in [0.29, 0.717) is 18.2 Å². The second-order valence-corrected chi connectivity index (χ2v) is 3.86. The van der Waals surface area contributed by atoms with Crippen LogP contribution in [0.3, 0.4) is 0 Å². The van der Waals surface area contributed by atoms with E-state index in [1.165, 1.54) is 0 Å². The van der Waals surface area contributed by atoms with Gasteiger partial charge in [-0.25, -0.2) is 4.98 Å². The summed E-state index contributed by atoms with van der Waals surface area (Å²) in [5.41, 5.74) is 0.531. The van der Waals surface area contributed by atoms with Crippen molar-refractivity contribution in [2.24, 2.45) is 0 Å². The molecule has 0 fully saturated rings. The number of rotatable bonds is 5. The summed E-state index contributed by atoms with van der Waals surface area (Å²) in [4.78, 5) is 16.1. The lowest BCUT2D eigenvalue weighted by molar-refractivity contribution is 0.0994. The fourth-order valence-corrected chi connectivity index (χ4v) is 1.61. The smallest absolute Gasteiger partial charge is 0.291 e. The molecule has 0 aliphatic carbocycles. The predicted octanol–water partition coefficient (Wildman–Crippen LogP) is 2.89. The first-order valence-electron chi connectivity index (χ1n) is 6.22. The topological polar surface area (TPSA) is 64.4 Å². The summed E-state index contributed by atoms with van der Waals surface area (Å²) in [5, 5.41) is 2.73. The van der Waals surface area contributed by atoms with Gasteiger partial charge in [-0.1, -0.05) is 6.92 Å². The minimum Gasteiger partial charge on any atom is -0.476 e. The fourth-order valence-electron chi connectivity index (χ4n) is 1.61. The molecule has 0 aliphatic rings. The zero-order chi connectivity index (χ0) is 13.7. The van der Waals surface area contributed by atoms with E-state index in [-0.39, 0.29) is 11.7 Å². The molecule has 0 unspecified atom stereocenters. The van der Waals surface area contributed by atoms with E-state index < -0.39 is 0 Å². The normalized spacial score (nSPS) is 10.2. The third-order valence-electron chi connectivity index (χ3n) is 2.53. The summed E-state index contributed by atoms with van der Waals surface area (Å²) in [6.45, 7) is 4.32. The van der Waals surface area contributed by atoms with E-state index in [0.717, 1.165) is 12.2 Å². The Hall–Kier alpha value is -2.30. The monoisotopic (exact) mass is 260 g/mol. The summed E-state index contributed by atoms with van der Waals surface area (Å²) < 4.78 is 10.7. The molecule has 1 N–H and O–H groups in total. The van der Waals surface area contributed by atoms with Gasteiger partial charge in [-0.15, -0.1) is 0 Å². The average Bonchev–Trinajstić information content (AvgIpc) is 2.90. The number of furan rings is 1. The van der Waals surface area contributed by atoms with Crippen molar-refractivity contribution < 1.29 is 13.9 Å². The van der Waals surface area contributed by atoms with Crippen molar-refractivity contribution in [2.45, 2.75) is 20.3 Å². The standard InChI is InChI=1S/C14H16N2O3/c1-3-10-7-8-12(19-10)13(17)16-11-6-5-9-15-14(11)18-4-2/h5-9H,3-4H2,1-2H3,(H,16,17). The molecule has 0 spiro atoms. The molecule has 0 radical (unpaired) electrons. The van der Waals surface area contributed by atoms with Crippen LogP contribution in [0.4, 0.5) is 5.69 Å². The minimum absolute atomic E-state index is 0.281. The molecular formula is C14H16N2O3. The first-order valence-corrected chi connectivity index (χ1v) is 6.22. The molecule has 0 saturated carbocycles. The Bertz CT molecular complexity index is 563. The van der Waals surface area contributed by atoms with E-state index in [9.17, 15) is 4.79 Å². The number of ether oxygens (including phenoxy) is 1. The van der Waals surface area contributed by atoms with Crippen LogP contribution in [-0.2, 0) is 6.42 Å². The number of anilines is 1. The maximum atomic E-state index is 12.0. The molecule has 100 valence electrons. The number of aryl methyl sites for hydroxylation is 1.